The minimum Gasteiger partial charge on any atom is -0.508 e. The Morgan fingerprint density at radius 3 is 2.39 bits per heavy atom. The number of aryl methyl sites for hydroxylation is 2. The van der Waals surface area contributed by atoms with E-state index in [1.54, 1.807) is 31.2 Å². The number of aromatic hydroxyl groups is 1. The average molecular weight is 242 g/mol. The highest BCUT2D eigenvalue weighted by molar-refractivity contribution is 5.96. The molecule has 0 unspecified atom stereocenters. The summed E-state index contributed by atoms with van der Waals surface area (Å²) in [5, 5.41) is 18.9. The minimum atomic E-state index is -0.964. The van der Waals surface area contributed by atoms with E-state index in [0.717, 1.165) is 11.1 Å². The lowest BCUT2D eigenvalue weighted by Gasteiger charge is -2.09. The number of phenolic OH excluding ortho intramolecular Hbond substituents is 1. The average Bonchev–Trinajstić information content (AvgIpc) is 2.32. The van der Waals surface area contributed by atoms with Crippen molar-refractivity contribution in [3.8, 4) is 16.9 Å². The second kappa shape index (κ2) is 4.53. The van der Waals surface area contributed by atoms with Gasteiger partial charge in [-0.3, -0.25) is 0 Å². The van der Waals surface area contributed by atoms with Crippen molar-refractivity contribution in [1.29, 1.82) is 0 Å². The Labute approximate surface area is 105 Å². The molecule has 0 heterocycles. The summed E-state index contributed by atoms with van der Waals surface area (Å²) >= 11 is 0. The summed E-state index contributed by atoms with van der Waals surface area (Å²) in [6, 6.07) is 10.4. The minimum absolute atomic E-state index is 0.171. The van der Waals surface area contributed by atoms with Gasteiger partial charge in [0.25, 0.3) is 0 Å². The molecule has 0 fully saturated rings. The maximum Gasteiger partial charge on any atom is 0.336 e. The summed E-state index contributed by atoms with van der Waals surface area (Å²) < 4.78 is 0. The van der Waals surface area contributed by atoms with Crippen LogP contribution in [0.5, 0.6) is 5.75 Å². The van der Waals surface area contributed by atoms with E-state index in [1.165, 1.54) is 0 Å². The van der Waals surface area contributed by atoms with Gasteiger partial charge in [-0.15, -0.1) is 0 Å². The second-order valence-corrected chi connectivity index (χ2v) is 4.36. The maximum absolute atomic E-state index is 11.2. The Kier molecular flexibility index (Phi) is 3.06. The van der Waals surface area contributed by atoms with Crippen LogP contribution in [0.3, 0.4) is 0 Å². The van der Waals surface area contributed by atoms with Gasteiger partial charge in [0.15, 0.2) is 0 Å². The number of carboxylic acid groups (broad SMARTS) is 1. The Morgan fingerprint density at radius 2 is 1.78 bits per heavy atom. The summed E-state index contributed by atoms with van der Waals surface area (Å²) in [5.41, 5.74) is 3.23. The summed E-state index contributed by atoms with van der Waals surface area (Å²) in [6.07, 6.45) is 0. The number of carbonyl (C=O) groups is 1. The van der Waals surface area contributed by atoms with Crippen LogP contribution < -0.4 is 0 Å². The maximum atomic E-state index is 11.2. The van der Waals surface area contributed by atoms with Gasteiger partial charge < -0.3 is 10.2 Å². The second-order valence-electron chi connectivity index (χ2n) is 4.36. The zero-order valence-corrected chi connectivity index (χ0v) is 10.3. The monoisotopic (exact) mass is 242 g/mol. The van der Waals surface area contributed by atoms with Crippen LogP contribution >= 0.6 is 0 Å². The number of aromatic carboxylic acids is 1. The van der Waals surface area contributed by atoms with Crippen LogP contribution in [0.2, 0.25) is 0 Å². The SMILES string of the molecule is Cc1ccc(-c2ccc(C)c(O)c2)c(C(=O)O)c1. The van der Waals surface area contributed by atoms with Gasteiger partial charge in [-0.25, -0.2) is 4.79 Å². The Bertz CT molecular complexity index is 615. The first kappa shape index (κ1) is 12.2. The van der Waals surface area contributed by atoms with Crippen molar-refractivity contribution in [2.75, 3.05) is 0 Å². The molecule has 2 rings (SSSR count). The molecule has 92 valence electrons. The van der Waals surface area contributed by atoms with Gasteiger partial charge in [0.1, 0.15) is 5.75 Å². The topological polar surface area (TPSA) is 57.5 Å². The predicted octanol–water partition coefficient (Wildman–Crippen LogP) is 3.37. The Morgan fingerprint density at radius 1 is 1.06 bits per heavy atom. The summed E-state index contributed by atoms with van der Waals surface area (Å²) in [4.78, 5) is 11.2. The van der Waals surface area contributed by atoms with Crippen LogP contribution in [0.15, 0.2) is 36.4 Å². The number of benzene rings is 2. The van der Waals surface area contributed by atoms with E-state index in [4.69, 9.17) is 0 Å². The lowest BCUT2D eigenvalue weighted by atomic mass is 9.97. The smallest absolute Gasteiger partial charge is 0.336 e. The molecule has 0 aliphatic heterocycles. The van der Waals surface area contributed by atoms with Crippen LogP contribution in [-0.4, -0.2) is 16.2 Å². The molecule has 0 radical (unpaired) electrons. The highest BCUT2D eigenvalue weighted by Gasteiger charge is 2.12. The summed E-state index contributed by atoms with van der Waals surface area (Å²) in [7, 11) is 0. The normalized spacial score (nSPS) is 10.3. The van der Waals surface area contributed by atoms with Gasteiger partial charge in [-0.1, -0.05) is 29.8 Å². The zero-order valence-electron chi connectivity index (χ0n) is 10.3. The lowest BCUT2D eigenvalue weighted by molar-refractivity contribution is 0.0697. The first-order chi connectivity index (χ1) is 8.49. The molecule has 0 aromatic heterocycles. The Balaban J connectivity index is 2.63. The van der Waals surface area contributed by atoms with Gasteiger partial charge >= 0.3 is 5.97 Å². The van der Waals surface area contributed by atoms with Gasteiger partial charge in [-0.2, -0.15) is 0 Å². The first-order valence-corrected chi connectivity index (χ1v) is 5.63. The van der Waals surface area contributed by atoms with Crippen LogP contribution in [0, 0.1) is 13.8 Å². The van der Waals surface area contributed by atoms with Crippen molar-refractivity contribution < 1.29 is 15.0 Å². The van der Waals surface area contributed by atoms with E-state index in [2.05, 4.69) is 0 Å². The molecule has 2 N–H and O–H groups in total. The predicted molar refractivity (Wildman–Crippen MR) is 70.0 cm³/mol. The molecule has 3 nitrogen and oxygen atoms in total. The van der Waals surface area contributed by atoms with E-state index >= 15 is 0 Å². The molecule has 0 spiro atoms. The largest absolute Gasteiger partial charge is 0.508 e. The van der Waals surface area contributed by atoms with Crippen LogP contribution in [-0.2, 0) is 0 Å². The van der Waals surface area contributed by atoms with Crippen molar-refractivity contribution in [3.63, 3.8) is 0 Å². The third-order valence-corrected chi connectivity index (χ3v) is 2.93. The van der Waals surface area contributed by atoms with Crippen molar-refractivity contribution in [3.05, 3.63) is 53.1 Å². The Hall–Kier alpha value is -2.29. The quantitative estimate of drug-likeness (QED) is 0.848. The molecular formula is C15H14O3. The van der Waals surface area contributed by atoms with E-state index in [1.807, 2.05) is 19.1 Å². The standard InChI is InChI=1S/C15H14O3/c1-9-3-6-12(13(7-9)15(17)18)11-5-4-10(2)14(16)8-11/h3-8,16H,1-2H3,(H,17,18). The lowest BCUT2D eigenvalue weighted by Crippen LogP contribution is -2.00. The molecule has 3 heteroatoms. The van der Waals surface area contributed by atoms with Gasteiger partial charge in [0, 0.05) is 0 Å². The van der Waals surface area contributed by atoms with Gasteiger partial charge in [-0.05, 0) is 42.7 Å². The van der Waals surface area contributed by atoms with Crippen molar-refractivity contribution >= 4 is 5.97 Å². The number of phenols is 1. The number of carboxylic acids is 1. The fourth-order valence-corrected chi connectivity index (χ4v) is 1.86. The van der Waals surface area contributed by atoms with E-state index in [0.29, 0.717) is 11.1 Å². The van der Waals surface area contributed by atoms with E-state index in [9.17, 15) is 15.0 Å². The van der Waals surface area contributed by atoms with Gasteiger partial charge in [0.05, 0.1) is 5.56 Å². The van der Waals surface area contributed by atoms with Crippen molar-refractivity contribution in [1.82, 2.24) is 0 Å². The van der Waals surface area contributed by atoms with E-state index < -0.39 is 5.97 Å². The molecule has 18 heavy (non-hydrogen) atoms. The third-order valence-electron chi connectivity index (χ3n) is 2.93. The zero-order chi connectivity index (χ0) is 13.3. The molecule has 0 aliphatic carbocycles. The molecular weight excluding hydrogens is 228 g/mol. The van der Waals surface area contributed by atoms with Crippen LogP contribution in [0.4, 0.5) is 0 Å². The highest BCUT2D eigenvalue weighted by atomic mass is 16.4. The van der Waals surface area contributed by atoms with Crippen LogP contribution in [0.1, 0.15) is 21.5 Å². The summed E-state index contributed by atoms with van der Waals surface area (Å²) in [6.45, 7) is 3.65. The molecule has 0 aliphatic rings. The first-order valence-electron chi connectivity index (χ1n) is 5.63. The number of hydrogen-bond donors (Lipinski definition) is 2. The molecule has 2 aromatic rings. The number of hydrogen-bond acceptors (Lipinski definition) is 2. The molecule has 2 aromatic carbocycles. The van der Waals surface area contributed by atoms with Crippen molar-refractivity contribution in [2.24, 2.45) is 0 Å². The molecule has 0 atom stereocenters. The fraction of sp³-hybridized carbons (Fsp3) is 0.133. The molecule has 0 saturated carbocycles. The van der Waals surface area contributed by atoms with Crippen molar-refractivity contribution in [2.45, 2.75) is 13.8 Å². The van der Waals surface area contributed by atoms with Crippen LogP contribution in [0.25, 0.3) is 11.1 Å². The van der Waals surface area contributed by atoms with E-state index in [-0.39, 0.29) is 11.3 Å². The molecule has 0 saturated heterocycles. The fourth-order valence-electron chi connectivity index (χ4n) is 1.86. The third kappa shape index (κ3) is 2.20. The van der Waals surface area contributed by atoms with Gasteiger partial charge in [0.2, 0.25) is 0 Å². The number of rotatable bonds is 2. The molecule has 0 amide bonds. The highest BCUT2D eigenvalue weighted by Crippen LogP contribution is 2.29. The molecule has 0 bridgehead atoms. The summed E-state index contributed by atoms with van der Waals surface area (Å²) in [5.74, 6) is -0.793.